The molecule has 0 unspecified atom stereocenters. The molecule has 0 radical (unpaired) electrons. The Hall–Kier alpha value is -0.780. The van der Waals surface area contributed by atoms with Gasteiger partial charge in [0.25, 0.3) is 14.4 Å². The minimum atomic E-state index is -3.74. The van der Waals surface area contributed by atoms with Crippen LogP contribution in [0.15, 0.2) is 27.5 Å². The summed E-state index contributed by atoms with van der Waals surface area (Å²) in [5.41, 5.74) is 0.774. The van der Waals surface area contributed by atoms with Crippen LogP contribution < -0.4 is 0 Å². The zero-order chi connectivity index (χ0) is 10.3. The molecule has 0 N–H and O–H groups in total. The summed E-state index contributed by atoms with van der Waals surface area (Å²) in [6, 6.07) is 4.08. The minimum absolute atomic E-state index is 0.0379. The van der Waals surface area contributed by atoms with Crippen molar-refractivity contribution in [2.75, 3.05) is 0 Å². The number of hydrogen-bond donors (Lipinski definition) is 0. The van der Waals surface area contributed by atoms with E-state index < -0.39 is 9.05 Å². The van der Waals surface area contributed by atoms with E-state index >= 15 is 0 Å². The third kappa shape index (κ3) is 1.70. The van der Waals surface area contributed by atoms with E-state index in [1.165, 1.54) is 18.2 Å². The van der Waals surface area contributed by atoms with E-state index in [4.69, 9.17) is 26.7 Å². The van der Waals surface area contributed by atoms with Crippen molar-refractivity contribution in [2.24, 2.45) is 0 Å². The Kier molecular flexibility index (Phi) is 2.17. The summed E-state index contributed by atoms with van der Waals surface area (Å²) in [5, 5.41) is -0.0379. The fourth-order valence-electron chi connectivity index (χ4n) is 1.03. The highest BCUT2D eigenvalue weighted by Gasteiger charge is 2.12. The molecule has 0 saturated carbocycles. The number of hydrogen-bond acceptors (Lipinski definition) is 4. The van der Waals surface area contributed by atoms with Crippen LogP contribution in [0.2, 0.25) is 5.35 Å². The largest absolute Gasteiger partial charge is 0.428 e. The number of nitrogens with zero attached hydrogens (tertiary/aromatic N) is 1. The normalized spacial score (nSPS) is 12.1. The van der Waals surface area contributed by atoms with Crippen molar-refractivity contribution in [1.29, 1.82) is 0 Å². The maximum absolute atomic E-state index is 11.0. The average molecular weight is 252 g/mol. The Morgan fingerprint density at radius 2 is 2.07 bits per heavy atom. The molecule has 0 aliphatic heterocycles. The first-order chi connectivity index (χ1) is 6.47. The predicted octanol–water partition coefficient (Wildman–Crippen LogP) is 2.41. The van der Waals surface area contributed by atoms with Crippen LogP contribution in [0.4, 0.5) is 0 Å². The van der Waals surface area contributed by atoms with Crippen molar-refractivity contribution < 1.29 is 12.8 Å². The first-order valence-electron chi connectivity index (χ1n) is 3.47. The molecule has 0 aliphatic rings. The Balaban J connectivity index is 2.74. The van der Waals surface area contributed by atoms with Gasteiger partial charge in [-0.2, -0.15) is 4.98 Å². The van der Waals surface area contributed by atoms with Gasteiger partial charge < -0.3 is 4.42 Å². The number of aromatic nitrogens is 1. The van der Waals surface area contributed by atoms with Crippen LogP contribution in [0.1, 0.15) is 0 Å². The first kappa shape index (κ1) is 9.76. The van der Waals surface area contributed by atoms with Gasteiger partial charge in [-0.15, -0.1) is 0 Å². The molecule has 2 rings (SSSR count). The predicted molar refractivity (Wildman–Crippen MR) is 52.1 cm³/mol. The standard InChI is InChI=1S/C7H3Cl2NO3S/c8-7-10-5-2-1-4(14(9,11)12)3-6(5)13-7/h1-3H. The minimum Gasteiger partial charge on any atom is -0.428 e. The third-order valence-electron chi connectivity index (χ3n) is 1.62. The number of rotatable bonds is 1. The van der Waals surface area contributed by atoms with Gasteiger partial charge in [-0.1, -0.05) is 0 Å². The lowest BCUT2D eigenvalue weighted by molar-refractivity contribution is 0.599. The van der Waals surface area contributed by atoms with Crippen molar-refractivity contribution in [1.82, 2.24) is 4.98 Å². The molecule has 0 spiro atoms. The molecule has 1 heterocycles. The van der Waals surface area contributed by atoms with Crippen LogP contribution in [-0.4, -0.2) is 13.4 Å². The number of halogens is 2. The number of benzene rings is 1. The summed E-state index contributed by atoms with van der Waals surface area (Å²) < 4.78 is 26.8. The van der Waals surface area contributed by atoms with Crippen LogP contribution in [-0.2, 0) is 9.05 Å². The second kappa shape index (κ2) is 3.12. The van der Waals surface area contributed by atoms with Crippen molar-refractivity contribution >= 4 is 42.4 Å². The molecule has 2 aromatic rings. The highest BCUT2D eigenvalue weighted by Crippen LogP contribution is 2.23. The van der Waals surface area contributed by atoms with Gasteiger partial charge in [0.15, 0.2) is 5.58 Å². The first-order valence-corrected chi connectivity index (χ1v) is 6.16. The summed E-state index contributed by atoms with van der Waals surface area (Å²) in [7, 11) is 1.40. The summed E-state index contributed by atoms with van der Waals surface area (Å²) in [5.74, 6) is 0. The topological polar surface area (TPSA) is 60.2 Å². The molecular weight excluding hydrogens is 249 g/mol. The summed E-state index contributed by atoms with van der Waals surface area (Å²) in [4.78, 5) is 3.76. The van der Waals surface area contributed by atoms with Crippen LogP contribution in [0.5, 0.6) is 0 Å². The van der Waals surface area contributed by atoms with Gasteiger partial charge >= 0.3 is 0 Å². The molecule has 74 valence electrons. The Labute approximate surface area is 88.9 Å². The lowest BCUT2D eigenvalue weighted by Crippen LogP contribution is -1.88. The molecule has 0 aliphatic carbocycles. The number of oxazole rings is 1. The molecule has 4 nitrogen and oxygen atoms in total. The van der Waals surface area contributed by atoms with E-state index in [1.54, 1.807) is 0 Å². The Bertz CT molecular complexity index is 590. The van der Waals surface area contributed by atoms with Gasteiger partial charge in [-0.25, -0.2) is 8.42 Å². The third-order valence-corrected chi connectivity index (χ3v) is 3.13. The maximum Gasteiger partial charge on any atom is 0.293 e. The fraction of sp³-hybridized carbons (Fsp3) is 0. The summed E-state index contributed by atoms with van der Waals surface area (Å²) in [6.07, 6.45) is 0. The molecule has 0 atom stereocenters. The van der Waals surface area contributed by atoms with Gasteiger partial charge in [-0.3, -0.25) is 0 Å². The van der Waals surface area contributed by atoms with E-state index in [0.29, 0.717) is 5.52 Å². The molecule has 0 amide bonds. The van der Waals surface area contributed by atoms with Gasteiger partial charge in [0, 0.05) is 16.7 Å². The van der Waals surface area contributed by atoms with E-state index in [2.05, 4.69) is 4.98 Å². The highest BCUT2D eigenvalue weighted by molar-refractivity contribution is 8.13. The van der Waals surface area contributed by atoms with Gasteiger partial charge in [0.2, 0.25) is 0 Å². The monoisotopic (exact) mass is 251 g/mol. The van der Waals surface area contributed by atoms with Crippen molar-refractivity contribution in [3.8, 4) is 0 Å². The second-order valence-electron chi connectivity index (χ2n) is 2.53. The molecule has 1 aromatic heterocycles. The second-order valence-corrected chi connectivity index (χ2v) is 5.42. The van der Waals surface area contributed by atoms with Crippen LogP contribution in [0.3, 0.4) is 0 Å². The molecular formula is C7H3Cl2NO3S. The van der Waals surface area contributed by atoms with Gasteiger partial charge in [0.05, 0.1) is 4.90 Å². The van der Waals surface area contributed by atoms with Gasteiger partial charge in [0.1, 0.15) is 5.52 Å². The molecule has 0 saturated heterocycles. The quantitative estimate of drug-likeness (QED) is 0.731. The lowest BCUT2D eigenvalue weighted by Gasteiger charge is -1.93. The van der Waals surface area contributed by atoms with Crippen LogP contribution >= 0.6 is 22.3 Å². The molecule has 14 heavy (non-hydrogen) atoms. The van der Waals surface area contributed by atoms with E-state index in [-0.39, 0.29) is 15.8 Å². The van der Waals surface area contributed by atoms with Crippen LogP contribution in [0.25, 0.3) is 11.1 Å². The molecule has 0 fully saturated rings. The van der Waals surface area contributed by atoms with E-state index in [1.807, 2.05) is 0 Å². The average Bonchev–Trinajstić information content (AvgIpc) is 2.41. The Morgan fingerprint density at radius 3 is 2.71 bits per heavy atom. The molecule has 1 aromatic carbocycles. The highest BCUT2D eigenvalue weighted by atomic mass is 35.7. The van der Waals surface area contributed by atoms with Gasteiger partial charge in [-0.05, 0) is 23.7 Å². The zero-order valence-electron chi connectivity index (χ0n) is 6.57. The van der Waals surface area contributed by atoms with E-state index in [0.717, 1.165) is 0 Å². The molecule has 0 bridgehead atoms. The van der Waals surface area contributed by atoms with Crippen molar-refractivity contribution in [3.63, 3.8) is 0 Å². The smallest absolute Gasteiger partial charge is 0.293 e. The SMILES string of the molecule is O=S(=O)(Cl)c1ccc2nc(Cl)oc2c1. The fourth-order valence-corrected chi connectivity index (χ4v) is 1.97. The summed E-state index contributed by atoms with van der Waals surface area (Å²) in [6.45, 7) is 0. The van der Waals surface area contributed by atoms with Crippen molar-refractivity contribution in [3.05, 3.63) is 23.5 Å². The van der Waals surface area contributed by atoms with E-state index in [9.17, 15) is 8.42 Å². The van der Waals surface area contributed by atoms with Crippen molar-refractivity contribution in [2.45, 2.75) is 4.90 Å². The lowest BCUT2D eigenvalue weighted by atomic mass is 10.3. The maximum atomic E-state index is 11.0. The molecule has 7 heteroatoms. The zero-order valence-corrected chi connectivity index (χ0v) is 8.90. The number of fused-ring (bicyclic) bond motifs is 1. The van der Waals surface area contributed by atoms with Crippen LogP contribution in [0, 0.1) is 0 Å². The Morgan fingerprint density at radius 1 is 1.36 bits per heavy atom. The summed E-state index contributed by atoms with van der Waals surface area (Å²) >= 11 is 5.49.